The lowest BCUT2D eigenvalue weighted by molar-refractivity contribution is 0.0426. The molecule has 0 aliphatic rings. The van der Waals surface area contributed by atoms with Gasteiger partial charge in [-0.25, -0.2) is 4.79 Å². The number of methoxy groups -OCH3 is 1. The van der Waals surface area contributed by atoms with Gasteiger partial charge in [0.2, 0.25) is 5.82 Å². The molecule has 0 fully saturated rings. The van der Waals surface area contributed by atoms with Gasteiger partial charge in [-0.2, -0.15) is 4.98 Å². The zero-order chi connectivity index (χ0) is 17.8. The largest absolute Gasteiger partial charge is 0.496 e. The molecule has 1 aromatic heterocycles. The normalized spacial score (nSPS) is 10.5. The average molecular weight is 424 g/mol. The highest BCUT2D eigenvalue weighted by molar-refractivity contribution is 9.10. The highest BCUT2D eigenvalue weighted by Gasteiger charge is 2.16. The van der Waals surface area contributed by atoms with Gasteiger partial charge in [-0.1, -0.05) is 32.7 Å². The summed E-state index contributed by atoms with van der Waals surface area (Å²) in [5.41, 5.74) is 1.06. The van der Waals surface area contributed by atoms with E-state index < -0.39 is 5.97 Å². The van der Waals surface area contributed by atoms with Crippen molar-refractivity contribution in [3.63, 3.8) is 0 Å². The predicted octanol–water partition coefficient (Wildman–Crippen LogP) is 4.52. The molecule has 0 N–H and O–H groups in total. The molecule has 1 heterocycles. The van der Waals surface area contributed by atoms with Crippen LogP contribution >= 0.6 is 27.5 Å². The van der Waals surface area contributed by atoms with Gasteiger partial charge in [0.25, 0.3) is 5.89 Å². The van der Waals surface area contributed by atoms with Crippen molar-refractivity contribution in [3.8, 4) is 17.1 Å². The van der Waals surface area contributed by atoms with Crippen molar-refractivity contribution >= 4 is 33.5 Å². The van der Waals surface area contributed by atoms with Crippen LogP contribution in [0.1, 0.15) is 16.2 Å². The zero-order valence-electron chi connectivity index (χ0n) is 13.0. The molecular formula is C17H12BrClN2O4. The van der Waals surface area contributed by atoms with Crippen LogP contribution in [-0.4, -0.2) is 23.2 Å². The van der Waals surface area contributed by atoms with Crippen molar-refractivity contribution in [1.82, 2.24) is 10.1 Å². The van der Waals surface area contributed by atoms with Crippen LogP contribution in [0.5, 0.6) is 5.75 Å². The molecule has 0 spiro atoms. The van der Waals surface area contributed by atoms with Crippen molar-refractivity contribution in [1.29, 1.82) is 0 Å². The Hall–Kier alpha value is -2.38. The highest BCUT2D eigenvalue weighted by Crippen LogP contribution is 2.24. The van der Waals surface area contributed by atoms with E-state index in [1.807, 2.05) is 24.3 Å². The van der Waals surface area contributed by atoms with Gasteiger partial charge >= 0.3 is 5.97 Å². The van der Waals surface area contributed by atoms with Crippen molar-refractivity contribution in [2.75, 3.05) is 7.11 Å². The summed E-state index contributed by atoms with van der Waals surface area (Å²) in [5, 5.41) is 4.34. The molecule has 0 atom stereocenters. The Kier molecular flexibility index (Phi) is 5.35. The van der Waals surface area contributed by atoms with Crippen molar-refractivity contribution < 1.29 is 18.8 Å². The van der Waals surface area contributed by atoms with Crippen LogP contribution in [0.2, 0.25) is 5.02 Å². The minimum absolute atomic E-state index is 0.145. The SMILES string of the molecule is COc1cc(Cl)ccc1C(=O)OCc1nc(-c2ccc(Br)cc2)no1. The van der Waals surface area contributed by atoms with E-state index in [1.54, 1.807) is 6.07 Å². The molecule has 3 rings (SSSR count). The highest BCUT2D eigenvalue weighted by atomic mass is 79.9. The van der Waals surface area contributed by atoms with Gasteiger partial charge in [0, 0.05) is 15.1 Å². The molecular weight excluding hydrogens is 412 g/mol. The lowest BCUT2D eigenvalue weighted by Gasteiger charge is -2.07. The van der Waals surface area contributed by atoms with Crippen LogP contribution < -0.4 is 4.74 Å². The first kappa shape index (κ1) is 17.4. The minimum atomic E-state index is -0.572. The molecule has 3 aromatic rings. The van der Waals surface area contributed by atoms with Gasteiger partial charge < -0.3 is 14.0 Å². The monoisotopic (exact) mass is 422 g/mol. The van der Waals surface area contributed by atoms with Crippen LogP contribution in [0.25, 0.3) is 11.4 Å². The number of carbonyl (C=O) groups is 1. The lowest BCUT2D eigenvalue weighted by atomic mass is 10.2. The fourth-order valence-corrected chi connectivity index (χ4v) is 2.49. The molecule has 6 nitrogen and oxygen atoms in total. The summed E-state index contributed by atoms with van der Waals surface area (Å²) in [4.78, 5) is 16.4. The van der Waals surface area contributed by atoms with E-state index in [9.17, 15) is 4.79 Å². The van der Waals surface area contributed by atoms with Crippen molar-refractivity contribution in [2.45, 2.75) is 6.61 Å². The molecule has 8 heteroatoms. The third kappa shape index (κ3) is 4.18. The summed E-state index contributed by atoms with van der Waals surface area (Å²) in [7, 11) is 1.45. The Balaban J connectivity index is 1.68. The number of hydrogen-bond acceptors (Lipinski definition) is 6. The van der Waals surface area contributed by atoms with Gasteiger partial charge in [-0.3, -0.25) is 0 Å². The third-order valence-corrected chi connectivity index (χ3v) is 4.04. The maximum Gasteiger partial charge on any atom is 0.342 e. The topological polar surface area (TPSA) is 74.5 Å². The molecule has 0 unspecified atom stereocenters. The van der Waals surface area contributed by atoms with Gasteiger partial charge in [0.05, 0.1) is 7.11 Å². The second-order valence-electron chi connectivity index (χ2n) is 4.94. The van der Waals surface area contributed by atoms with Gasteiger partial charge in [0.15, 0.2) is 6.61 Å². The molecule has 0 bridgehead atoms. The average Bonchev–Trinajstić information content (AvgIpc) is 3.09. The summed E-state index contributed by atoms with van der Waals surface area (Å²) in [5.74, 6) is 0.373. The Morgan fingerprint density at radius 1 is 1.24 bits per heavy atom. The minimum Gasteiger partial charge on any atom is -0.496 e. The van der Waals surface area contributed by atoms with E-state index in [1.165, 1.54) is 19.2 Å². The number of ether oxygens (including phenoxy) is 2. The smallest absolute Gasteiger partial charge is 0.342 e. The zero-order valence-corrected chi connectivity index (χ0v) is 15.4. The molecule has 25 heavy (non-hydrogen) atoms. The van der Waals surface area contributed by atoms with E-state index in [-0.39, 0.29) is 18.1 Å². The first-order valence-electron chi connectivity index (χ1n) is 7.16. The quantitative estimate of drug-likeness (QED) is 0.562. The number of benzene rings is 2. The maximum atomic E-state index is 12.2. The van der Waals surface area contributed by atoms with Crippen molar-refractivity contribution in [3.05, 3.63) is 63.4 Å². The van der Waals surface area contributed by atoms with Crippen LogP contribution in [0.4, 0.5) is 0 Å². The molecule has 0 saturated carbocycles. The van der Waals surface area contributed by atoms with Gasteiger partial charge in [-0.15, -0.1) is 0 Å². The fourth-order valence-electron chi connectivity index (χ4n) is 2.07. The van der Waals surface area contributed by atoms with Gasteiger partial charge in [0.1, 0.15) is 11.3 Å². The molecule has 0 saturated heterocycles. The third-order valence-electron chi connectivity index (χ3n) is 3.28. The number of rotatable bonds is 5. The molecule has 2 aromatic carbocycles. The first-order valence-corrected chi connectivity index (χ1v) is 8.33. The Labute approximate surface area is 156 Å². The van der Waals surface area contributed by atoms with Crippen molar-refractivity contribution in [2.24, 2.45) is 0 Å². The summed E-state index contributed by atoms with van der Waals surface area (Å²) in [6.45, 7) is -0.145. The summed E-state index contributed by atoms with van der Waals surface area (Å²) in [6.07, 6.45) is 0. The van der Waals surface area contributed by atoms with Crippen LogP contribution in [0.15, 0.2) is 51.5 Å². The number of aromatic nitrogens is 2. The second kappa shape index (κ2) is 7.67. The second-order valence-corrected chi connectivity index (χ2v) is 6.29. The van der Waals surface area contributed by atoms with E-state index in [2.05, 4.69) is 26.1 Å². The molecule has 0 amide bonds. The van der Waals surface area contributed by atoms with E-state index in [0.29, 0.717) is 16.6 Å². The van der Waals surface area contributed by atoms with Crippen LogP contribution in [-0.2, 0) is 11.3 Å². The Morgan fingerprint density at radius 2 is 2.00 bits per heavy atom. The standard InChI is InChI=1S/C17H12BrClN2O4/c1-23-14-8-12(19)6-7-13(14)17(22)24-9-15-20-16(21-25-15)10-2-4-11(18)5-3-10/h2-8H,9H2,1H3. The molecule has 0 aliphatic carbocycles. The maximum absolute atomic E-state index is 12.2. The fraction of sp³-hybridized carbons (Fsp3) is 0.118. The Morgan fingerprint density at radius 3 is 2.72 bits per heavy atom. The lowest BCUT2D eigenvalue weighted by Crippen LogP contribution is -2.07. The van der Waals surface area contributed by atoms with E-state index in [0.717, 1.165) is 10.0 Å². The van der Waals surface area contributed by atoms with Gasteiger partial charge in [-0.05, 0) is 42.5 Å². The number of esters is 1. The molecule has 0 aliphatic heterocycles. The number of nitrogens with zero attached hydrogens (tertiary/aromatic N) is 2. The summed E-state index contributed by atoms with van der Waals surface area (Å²) in [6, 6.07) is 12.1. The number of carbonyl (C=O) groups excluding carboxylic acids is 1. The molecule has 128 valence electrons. The number of hydrogen-bond donors (Lipinski definition) is 0. The first-order chi connectivity index (χ1) is 12.1. The van der Waals surface area contributed by atoms with Crippen LogP contribution in [0, 0.1) is 0 Å². The predicted molar refractivity (Wildman–Crippen MR) is 94.6 cm³/mol. The van der Waals surface area contributed by atoms with Crippen LogP contribution in [0.3, 0.4) is 0 Å². The van der Waals surface area contributed by atoms with E-state index in [4.69, 9.17) is 25.6 Å². The summed E-state index contributed by atoms with van der Waals surface area (Å²) < 4.78 is 16.4. The van der Waals surface area contributed by atoms with E-state index >= 15 is 0 Å². The summed E-state index contributed by atoms with van der Waals surface area (Å²) >= 11 is 9.24. The number of halogens is 2. The Bertz CT molecular complexity index is 896. The molecule has 0 radical (unpaired) electrons.